The van der Waals surface area contributed by atoms with Crippen molar-refractivity contribution in [1.82, 2.24) is 0 Å². The Kier molecular flexibility index (Phi) is 12.7. The molecule has 0 bridgehead atoms. The lowest BCUT2D eigenvalue weighted by atomic mass is 9.80. The van der Waals surface area contributed by atoms with Crippen LogP contribution in [0.4, 0.5) is 0 Å². The van der Waals surface area contributed by atoms with Crippen molar-refractivity contribution in [2.24, 2.45) is 23.7 Å². The van der Waals surface area contributed by atoms with Crippen molar-refractivity contribution in [2.75, 3.05) is 0 Å². The van der Waals surface area contributed by atoms with E-state index in [2.05, 4.69) is 41.5 Å². The molecule has 0 aliphatic carbocycles. The molecule has 0 nitrogen and oxygen atoms in total. The van der Waals surface area contributed by atoms with Crippen molar-refractivity contribution in [3.63, 3.8) is 0 Å². The summed E-state index contributed by atoms with van der Waals surface area (Å²) in [7, 11) is 0. The minimum Gasteiger partial charge on any atom is -0.0654 e. The summed E-state index contributed by atoms with van der Waals surface area (Å²) in [4.78, 5) is 0. The molecule has 0 amide bonds. The van der Waals surface area contributed by atoms with Gasteiger partial charge in [-0.15, -0.1) is 0 Å². The van der Waals surface area contributed by atoms with Crippen molar-refractivity contribution in [3.8, 4) is 0 Å². The van der Waals surface area contributed by atoms with E-state index in [-0.39, 0.29) is 0 Å². The fourth-order valence-corrected chi connectivity index (χ4v) is 3.27. The first-order valence-electron chi connectivity index (χ1n) is 9.54. The lowest BCUT2D eigenvalue weighted by Crippen LogP contribution is -2.14. The molecule has 0 radical (unpaired) electrons. The van der Waals surface area contributed by atoms with Gasteiger partial charge in [0.1, 0.15) is 0 Å². The van der Waals surface area contributed by atoms with Crippen LogP contribution in [0.1, 0.15) is 106 Å². The summed E-state index contributed by atoms with van der Waals surface area (Å²) in [5.41, 5.74) is 0. The second-order valence-corrected chi connectivity index (χ2v) is 7.43. The average molecular weight is 283 g/mol. The largest absolute Gasteiger partial charge is 0.0654 e. The smallest absolute Gasteiger partial charge is 0.0414 e. The molecule has 0 spiro atoms. The standard InChI is InChI=1S/C20H42/c1-7-10-12-17(4)14-15-18(5)19(6)16-20(9-3)13-11-8-2/h17-20H,7-16H2,1-6H3. The van der Waals surface area contributed by atoms with E-state index in [4.69, 9.17) is 0 Å². The summed E-state index contributed by atoms with van der Waals surface area (Å²) in [5.74, 6) is 3.74. The highest BCUT2D eigenvalue weighted by Gasteiger charge is 2.17. The molecule has 0 saturated heterocycles. The van der Waals surface area contributed by atoms with Gasteiger partial charge in [0.25, 0.3) is 0 Å². The third-order valence-corrected chi connectivity index (χ3v) is 5.39. The Labute approximate surface area is 130 Å². The van der Waals surface area contributed by atoms with E-state index in [1.807, 2.05) is 0 Å². The topological polar surface area (TPSA) is 0 Å². The quantitative estimate of drug-likeness (QED) is 0.328. The highest BCUT2D eigenvalue weighted by molar-refractivity contribution is 4.69. The van der Waals surface area contributed by atoms with Crippen molar-refractivity contribution < 1.29 is 0 Å². The Morgan fingerprint density at radius 3 is 1.80 bits per heavy atom. The average Bonchev–Trinajstić information content (AvgIpc) is 2.46. The maximum absolute atomic E-state index is 2.50. The highest BCUT2D eigenvalue weighted by atomic mass is 14.2. The molecule has 0 heterocycles. The van der Waals surface area contributed by atoms with Gasteiger partial charge in [-0.1, -0.05) is 99.3 Å². The molecule has 0 aliphatic rings. The van der Waals surface area contributed by atoms with E-state index in [1.54, 1.807) is 0 Å². The van der Waals surface area contributed by atoms with Crippen LogP contribution >= 0.6 is 0 Å². The summed E-state index contributed by atoms with van der Waals surface area (Å²) in [6, 6.07) is 0. The van der Waals surface area contributed by atoms with Gasteiger partial charge in [-0.2, -0.15) is 0 Å². The lowest BCUT2D eigenvalue weighted by Gasteiger charge is -2.25. The van der Waals surface area contributed by atoms with Crippen LogP contribution in [0, 0.1) is 23.7 Å². The van der Waals surface area contributed by atoms with Gasteiger partial charge in [-0.3, -0.25) is 0 Å². The summed E-state index contributed by atoms with van der Waals surface area (Å²) >= 11 is 0. The van der Waals surface area contributed by atoms with Crippen LogP contribution in [0.2, 0.25) is 0 Å². The van der Waals surface area contributed by atoms with Crippen LogP contribution in [-0.2, 0) is 0 Å². The van der Waals surface area contributed by atoms with Crippen LogP contribution in [0.3, 0.4) is 0 Å². The van der Waals surface area contributed by atoms with Gasteiger partial charge in [0.2, 0.25) is 0 Å². The Bertz CT molecular complexity index is 196. The molecule has 0 aliphatic heterocycles. The Morgan fingerprint density at radius 2 is 1.25 bits per heavy atom. The molecule has 20 heavy (non-hydrogen) atoms. The predicted molar refractivity (Wildman–Crippen MR) is 94.2 cm³/mol. The molecule has 0 fully saturated rings. The number of unbranched alkanes of at least 4 members (excludes halogenated alkanes) is 2. The van der Waals surface area contributed by atoms with Crippen molar-refractivity contribution in [2.45, 2.75) is 106 Å². The van der Waals surface area contributed by atoms with Crippen molar-refractivity contribution in [3.05, 3.63) is 0 Å². The molecule has 4 unspecified atom stereocenters. The molecule has 122 valence electrons. The van der Waals surface area contributed by atoms with Crippen molar-refractivity contribution >= 4 is 0 Å². The summed E-state index contributed by atoms with van der Waals surface area (Å²) in [5, 5.41) is 0. The predicted octanol–water partition coefficient (Wildman–Crippen LogP) is 7.47. The highest BCUT2D eigenvalue weighted by Crippen LogP contribution is 2.29. The molecule has 0 aromatic carbocycles. The summed E-state index contributed by atoms with van der Waals surface area (Å²) < 4.78 is 0. The van der Waals surface area contributed by atoms with Gasteiger partial charge in [-0.25, -0.2) is 0 Å². The molecule has 0 heteroatoms. The van der Waals surface area contributed by atoms with Crippen molar-refractivity contribution in [1.29, 1.82) is 0 Å². The first-order chi connectivity index (χ1) is 9.54. The third kappa shape index (κ3) is 9.83. The zero-order valence-corrected chi connectivity index (χ0v) is 15.4. The zero-order chi connectivity index (χ0) is 15.4. The second kappa shape index (κ2) is 12.7. The van der Waals surface area contributed by atoms with Gasteiger partial charge in [0.15, 0.2) is 0 Å². The lowest BCUT2D eigenvalue weighted by molar-refractivity contribution is 0.259. The first-order valence-corrected chi connectivity index (χ1v) is 9.54. The van der Waals surface area contributed by atoms with Crippen LogP contribution in [0.15, 0.2) is 0 Å². The minimum atomic E-state index is 0.912. The molecular formula is C20H42. The van der Waals surface area contributed by atoms with Gasteiger partial charge in [-0.05, 0) is 30.1 Å². The SMILES string of the molecule is CCCCC(C)CCC(C)C(C)CC(CC)CCCC. The fourth-order valence-electron chi connectivity index (χ4n) is 3.27. The van der Waals surface area contributed by atoms with Crippen LogP contribution in [-0.4, -0.2) is 0 Å². The number of rotatable bonds is 13. The van der Waals surface area contributed by atoms with E-state index >= 15 is 0 Å². The molecular weight excluding hydrogens is 240 g/mol. The second-order valence-electron chi connectivity index (χ2n) is 7.43. The first kappa shape index (κ1) is 20.0. The zero-order valence-electron chi connectivity index (χ0n) is 15.4. The Morgan fingerprint density at radius 1 is 0.650 bits per heavy atom. The van der Waals surface area contributed by atoms with E-state index < -0.39 is 0 Å². The Balaban J connectivity index is 3.91. The van der Waals surface area contributed by atoms with Gasteiger partial charge >= 0.3 is 0 Å². The normalized spacial score (nSPS) is 17.7. The maximum atomic E-state index is 2.50. The van der Waals surface area contributed by atoms with Crippen LogP contribution < -0.4 is 0 Å². The minimum absolute atomic E-state index is 0.912. The van der Waals surface area contributed by atoms with E-state index in [9.17, 15) is 0 Å². The van der Waals surface area contributed by atoms with Crippen LogP contribution in [0.5, 0.6) is 0 Å². The van der Waals surface area contributed by atoms with Crippen LogP contribution in [0.25, 0.3) is 0 Å². The van der Waals surface area contributed by atoms with E-state index in [1.165, 1.54) is 64.2 Å². The fraction of sp³-hybridized carbons (Fsp3) is 1.00. The maximum Gasteiger partial charge on any atom is -0.0414 e. The van der Waals surface area contributed by atoms with Gasteiger partial charge < -0.3 is 0 Å². The van der Waals surface area contributed by atoms with Gasteiger partial charge in [0.05, 0.1) is 0 Å². The number of hydrogen-bond acceptors (Lipinski definition) is 0. The summed E-state index contributed by atoms with van der Waals surface area (Å²) in [6.07, 6.45) is 14.2. The monoisotopic (exact) mass is 282 g/mol. The molecule has 0 aromatic rings. The third-order valence-electron chi connectivity index (χ3n) is 5.39. The molecule has 0 aromatic heterocycles. The van der Waals surface area contributed by atoms with E-state index in [0.29, 0.717) is 0 Å². The molecule has 0 saturated carbocycles. The summed E-state index contributed by atoms with van der Waals surface area (Å²) in [6.45, 7) is 14.4. The van der Waals surface area contributed by atoms with Gasteiger partial charge in [0, 0.05) is 0 Å². The Hall–Kier alpha value is 0. The van der Waals surface area contributed by atoms with E-state index in [0.717, 1.165) is 23.7 Å². The molecule has 4 atom stereocenters. The number of hydrogen-bond donors (Lipinski definition) is 0. The molecule has 0 rings (SSSR count). The molecule has 0 N–H and O–H groups in total.